The second-order valence-corrected chi connectivity index (χ2v) is 7.17. The van der Waals surface area contributed by atoms with Gasteiger partial charge in [-0.05, 0) is 48.9 Å². The van der Waals surface area contributed by atoms with Crippen molar-refractivity contribution in [1.29, 1.82) is 5.26 Å². The van der Waals surface area contributed by atoms with E-state index in [-0.39, 0.29) is 5.91 Å². The highest BCUT2D eigenvalue weighted by Crippen LogP contribution is 2.39. The van der Waals surface area contributed by atoms with Gasteiger partial charge in [-0.25, -0.2) is 0 Å². The van der Waals surface area contributed by atoms with Crippen LogP contribution < -0.4 is 11.1 Å². The number of anilines is 1. The number of nitrogens with one attached hydrogen (secondary N) is 1. The number of carbonyl (C=O) groups is 2. The summed E-state index contributed by atoms with van der Waals surface area (Å²) in [6.07, 6.45) is 2.73. The van der Waals surface area contributed by atoms with Crippen LogP contribution in [0.3, 0.4) is 0 Å². The maximum absolute atomic E-state index is 12.5. The number of hydrogen-bond donors (Lipinski definition) is 2. The molecule has 2 amide bonds. The minimum atomic E-state index is -0.511. The Hall–Kier alpha value is -2.65. The molecule has 0 spiro atoms. The Morgan fingerprint density at radius 2 is 2.21 bits per heavy atom. The van der Waals surface area contributed by atoms with Crippen LogP contribution in [-0.4, -0.2) is 11.8 Å². The zero-order valence-electron chi connectivity index (χ0n) is 13.3. The number of nitriles is 1. The number of carbonyl (C=O) groups excluding carboxylic acids is 2. The van der Waals surface area contributed by atoms with E-state index in [4.69, 9.17) is 11.0 Å². The molecule has 3 rings (SSSR count). The molecule has 3 N–H and O–H groups in total. The van der Waals surface area contributed by atoms with Crippen LogP contribution in [0.2, 0.25) is 0 Å². The topological polar surface area (TPSA) is 96.0 Å². The predicted molar refractivity (Wildman–Crippen MR) is 93.1 cm³/mol. The summed E-state index contributed by atoms with van der Waals surface area (Å²) in [5.74, 6) is -0.294. The van der Waals surface area contributed by atoms with Crippen LogP contribution in [0, 0.1) is 17.2 Å². The summed E-state index contributed by atoms with van der Waals surface area (Å²) in [5, 5.41) is 12.3. The first-order chi connectivity index (χ1) is 11.5. The monoisotopic (exact) mass is 339 g/mol. The van der Waals surface area contributed by atoms with E-state index in [1.807, 2.05) is 6.07 Å². The second-order valence-electron chi connectivity index (χ2n) is 6.07. The molecule has 0 aliphatic heterocycles. The predicted octanol–water partition coefficient (Wildman–Crippen LogP) is 3.10. The first-order valence-corrected chi connectivity index (χ1v) is 8.57. The lowest BCUT2D eigenvalue weighted by atomic mass is 9.88. The van der Waals surface area contributed by atoms with E-state index in [0.717, 1.165) is 29.7 Å². The first kappa shape index (κ1) is 16.2. The van der Waals surface area contributed by atoms with E-state index < -0.39 is 5.91 Å². The number of nitrogens with zero attached hydrogens (tertiary/aromatic N) is 1. The standard InChI is InChI=1S/C18H17N3O2S/c1-10-5-6-13-14(7-10)24-18(15(13)16(20)22)21-17(23)12-4-2-3-11(8-12)9-19/h2-4,8,10H,5-7H2,1H3,(H2,20,22)(H,21,23)/t10-/m1/s1. The Balaban J connectivity index is 1.93. The summed E-state index contributed by atoms with van der Waals surface area (Å²) in [5.41, 5.74) is 7.76. The van der Waals surface area contributed by atoms with Gasteiger partial charge in [-0.2, -0.15) is 5.26 Å². The van der Waals surface area contributed by atoms with Gasteiger partial charge in [0.15, 0.2) is 0 Å². The molecule has 24 heavy (non-hydrogen) atoms. The van der Waals surface area contributed by atoms with Gasteiger partial charge in [-0.15, -0.1) is 11.3 Å². The molecule has 0 radical (unpaired) electrons. The summed E-state index contributed by atoms with van der Waals surface area (Å²) in [6.45, 7) is 2.18. The molecule has 1 aliphatic rings. The molecule has 1 aliphatic carbocycles. The highest BCUT2D eigenvalue weighted by atomic mass is 32.1. The Morgan fingerprint density at radius 1 is 1.42 bits per heavy atom. The summed E-state index contributed by atoms with van der Waals surface area (Å²) in [6, 6.07) is 8.46. The smallest absolute Gasteiger partial charge is 0.256 e. The van der Waals surface area contributed by atoms with Crippen molar-refractivity contribution >= 4 is 28.2 Å². The molecule has 0 saturated carbocycles. The maximum atomic E-state index is 12.5. The number of fused-ring (bicyclic) bond motifs is 1. The van der Waals surface area contributed by atoms with Crippen LogP contribution in [0.25, 0.3) is 0 Å². The molecule has 1 heterocycles. The molecular formula is C18H17N3O2S. The molecule has 122 valence electrons. The van der Waals surface area contributed by atoms with E-state index in [1.165, 1.54) is 17.4 Å². The number of hydrogen-bond acceptors (Lipinski definition) is 4. The summed E-state index contributed by atoms with van der Waals surface area (Å²) >= 11 is 1.43. The number of thiophene rings is 1. The average molecular weight is 339 g/mol. The van der Waals surface area contributed by atoms with Gasteiger partial charge < -0.3 is 11.1 Å². The highest BCUT2D eigenvalue weighted by molar-refractivity contribution is 7.17. The zero-order chi connectivity index (χ0) is 17.3. The number of benzene rings is 1. The zero-order valence-corrected chi connectivity index (χ0v) is 14.1. The summed E-state index contributed by atoms with van der Waals surface area (Å²) in [4.78, 5) is 25.5. The molecule has 1 atom stereocenters. The van der Waals surface area contributed by atoms with Crippen LogP contribution >= 0.6 is 11.3 Å². The molecule has 6 heteroatoms. The van der Waals surface area contributed by atoms with Crippen LogP contribution in [0.4, 0.5) is 5.00 Å². The van der Waals surface area contributed by atoms with Crippen LogP contribution in [0.1, 0.15) is 50.1 Å². The fourth-order valence-corrected chi connectivity index (χ4v) is 4.42. The lowest BCUT2D eigenvalue weighted by molar-refractivity contribution is 0.1000. The van der Waals surface area contributed by atoms with Gasteiger partial charge >= 0.3 is 0 Å². The second kappa shape index (κ2) is 6.46. The Labute approximate surface area is 144 Å². The van der Waals surface area contributed by atoms with Crippen molar-refractivity contribution in [3.63, 3.8) is 0 Å². The lowest BCUT2D eigenvalue weighted by Crippen LogP contribution is -2.19. The van der Waals surface area contributed by atoms with E-state index in [0.29, 0.717) is 27.6 Å². The molecule has 0 bridgehead atoms. The van der Waals surface area contributed by atoms with E-state index >= 15 is 0 Å². The van der Waals surface area contributed by atoms with Crippen LogP contribution in [0.15, 0.2) is 24.3 Å². The van der Waals surface area contributed by atoms with E-state index in [9.17, 15) is 9.59 Å². The van der Waals surface area contributed by atoms with Gasteiger partial charge in [0.1, 0.15) is 5.00 Å². The minimum absolute atomic E-state index is 0.346. The number of rotatable bonds is 3. The van der Waals surface area contributed by atoms with Gasteiger partial charge in [-0.1, -0.05) is 13.0 Å². The Morgan fingerprint density at radius 3 is 2.92 bits per heavy atom. The SMILES string of the molecule is C[C@@H]1CCc2c(sc(NC(=O)c3cccc(C#N)c3)c2C(N)=O)C1. The summed E-state index contributed by atoms with van der Waals surface area (Å²) in [7, 11) is 0. The molecule has 0 unspecified atom stereocenters. The van der Waals surface area contributed by atoms with Crippen molar-refractivity contribution < 1.29 is 9.59 Å². The molecule has 5 nitrogen and oxygen atoms in total. The van der Waals surface area contributed by atoms with Crippen molar-refractivity contribution in [2.75, 3.05) is 5.32 Å². The largest absolute Gasteiger partial charge is 0.365 e. The van der Waals surface area contributed by atoms with Gasteiger partial charge in [0, 0.05) is 10.4 Å². The van der Waals surface area contributed by atoms with Gasteiger partial charge in [0.25, 0.3) is 11.8 Å². The van der Waals surface area contributed by atoms with Crippen LogP contribution in [0.5, 0.6) is 0 Å². The molecule has 1 aromatic heterocycles. The van der Waals surface area contributed by atoms with E-state index in [2.05, 4.69) is 12.2 Å². The Kier molecular flexibility index (Phi) is 4.36. The van der Waals surface area contributed by atoms with Crippen molar-refractivity contribution in [3.8, 4) is 6.07 Å². The third-order valence-corrected chi connectivity index (χ3v) is 5.41. The van der Waals surface area contributed by atoms with Gasteiger partial charge in [0.05, 0.1) is 17.2 Å². The Bertz CT molecular complexity index is 864. The lowest BCUT2D eigenvalue weighted by Gasteiger charge is -2.18. The quantitative estimate of drug-likeness (QED) is 0.899. The van der Waals surface area contributed by atoms with Crippen molar-refractivity contribution in [2.24, 2.45) is 11.7 Å². The third-order valence-electron chi connectivity index (χ3n) is 4.24. The average Bonchev–Trinajstić information content (AvgIpc) is 2.91. The molecule has 0 saturated heterocycles. The number of primary amides is 1. The highest BCUT2D eigenvalue weighted by Gasteiger charge is 2.27. The van der Waals surface area contributed by atoms with Crippen LogP contribution in [-0.2, 0) is 12.8 Å². The molecule has 0 fully saturated rings. The third kappa shape index (κ3) is 3.03. The molecule has 2 aromatic rings. The summed E-state index contributed by atoms with van der Waals surface area (Å²) < 4.78 is 0. The first-order valence-electron chi connectivity index (χ1n) is 7.75. The maximum Gasteiger partial charge on any atom is 0.256 e. The van der Waals surface area contributed by atoms with Gasteiger partial charge in [0.2, 0.25) is 0 Å². The fourth-order valence-electron chi connectivity index (χ4n) is 3.00. The van der Waals surface area contributed by atoms with Crippen molar-refractivity contribution in [3.05, 3.63) is 51.4 Å². The number of amides is 2. The number of nitrogens with two attached hydrogens (primary N) is 1. The van der Waals surface area contributed by atoms with Crippen molar-refractivity contribution in [2.45, 2.75) is 26.2 Å². The van der Waals surface area contributed by atoms with Gasteiger partial charge in [-0.3, -0.25) is 9.59 Å². The fraction of sp³-hybridized carbons (Fsp3) is 0.278. The molecular weight excluding hydrogens is 322 g/mol. The normalized spacial score (nSPS) is 16.1. The van der Waals surface area contributed by atoms with Crippen molar-refractivity contribution in [1.82, 2.24) is 0 Å². The van der Waals surface area contributed by atoms with E-state index in [1.54, 1.807) is 18.2 Å². The minimum Gasteiger partial charge on any atom is -0.365 e. The molecule has 1 aromatic carbocycles.